The number of fused-ring (bicyclic) bond motifs is 9. The van der Waals surface area contributed by atoms with Crippen molar-refractivity contribution in [1.82, 2.24) is 15.0 Å². The Bertz CT molecular complexity index is 3200. The monoisotopic (exact) mass is 681 g/mol. The summed E-state index contributed by atoms with van der Waals surface area (Å²) < 4.78 is 8.88. The van der Waals surface area contributed by atoms with Gasteiger partial charge in [-0.05, 0) is 41.1 Å². The summed E-state index contributed by atoms with van der Waals surface area (Å²) in [5, 5.41) is 7.78. The summed E-state index contributed by atoms with van der Waals surface area (Å²) in [5.74, 6) is 0.686. The summed E-state index contributed by atoms with van der Waals surface area (Å²) in [5.41, 5.74) is 9.42. The fourth-order valence-corrected chi connectivity index (χ4v) is 8.93. The zero-order valence-corrected chi connectivity index (χ0v) is 28.6. The first-order chi connectivity index (χ1) is 25.8. The van der Waals surface area contributed by atoms with Gasteiger partial charge in [0.2, 0.25) is 0 Å². The van der Waals surface area contributed by atoms with Crippen molar-refractivity contribution in [2.75, 3.05) is 0 Å². The second kappa shape index (κ2) is 11.4. The van der Waals surface area contributed by atoms with Crippen molar-refractivity contribution in [2.24, 2.45) is 0 Å². The van der Waals surface area contributed by atoms with Crippen molar-refractivity contribution in [3.05, 3.63) is 164 Å². The molecule has 11 rings (SSSR count). The number of pyridine rings is 1. The lowest BCUT2D eigenvalue weighted by Gasteiger charge is -2.14. The average molecular weight is 682 g/mol. The molecule has 0 aliphatic rings. The van der Waals surface area contributed by atoms with E-state index in [2.05, 4.69) is 140 Å². The van der Waals surface area contributed by atoms with Gasteiger partial charge in [0, 0.05) is 58.6 Å². The third kappa shape index (κ3) is 4.43. The SMILES string of the molecule is c1ccc(-c2cc(-c3cccc4c3sc3ccccc34)nc(-c3ccc(-c4nc5c6ccccc6oc5c5ccccc45)c4ccccc34)n2)cc1. The maximum atomic E-state index is 6.38. The molecule has 0 atom stereocenters. The van der Waals surface area contributed by atoms with Crippen LogP contribution in [0.25, 0.3) is 109 Å². The molecule has 0 aliphatic carbocycles. The summed E-state index contributed by atoms with van der Waals surface area (Å²) in [6, 6.07) is 57.1. The highest BCUT2D eigenvalue weighted by Gasteiger charge is 2.20. The minimum atomic E-state index is 0.686. The molecule has 0 bridgehead atoms. The largest absolute Gasteiger partial charge is 0.454 e. The highest BCUT2D eigenvalue weighted by Crippen LogP contribution is 2.43. The normalized spacial score (nSPS) is 11.8. The van der Waals surface area contributed by atoms with Gasteiger partial charge in [-0.25, -0.2) is 15.0 Å². The van der Waals surface area contributed by atoms with E-state index in [1.54, 1.807) is 0 Å². The molecule has 0 radical (unpaired) electrons. The summed E-state index contributed by atoms with van der Waals surface area (Å²) >= 11 is 1.82. The zero-order chi connectivity index (χ0) is 34.2. The van der Waals surface area contributed by atoms with Crippen LogP contribution in [0, 0.1) is 0 Å². The number of hydrogen-bond acceptors (Lipinski definition) is 5. The topological polar surface area (TPSA) is 51.8 Å². The van der Waals surface area contributed by atoms with Gasteiger partial charge < -0.3 is 4.42 Å². The van der Waals surface area contributed by atoms with Gasteiger partial charge in [-0.15, -0.1) is 11.3 Å². The van der Waals surface area contributed by atoms with Crippen LogP contribution in [0.3, 0.4) is 0 Å². The quantitative estimate of drug-likeness (QED) is 0.185. The van der Waals surface area contributed by atoms with Crippen LogP contribution in [0.2, 0.25) is 0 Å². The minimum Gasteiger partial charge on any atom is -0.454 e. The van der Waals surface area contributed by atoms with E-state index in [4.69, 9.17) is 19.4 Å². The van der Waals surface area contributed by atoms with Crippen molar-refractivity contribution < 1.29 is 4.42 Å². The molecule has 242 valence electrons. The lowest BCUT2D eigenvalue weighted by molar-refractivity contribution is 0.672. The number of rotatable bonds is 4. The first-order valence-corrected chi connectivity index (χ1v) is 18.2. The Labute approximate surface area is 302 Å². The third-order valence-electron chi connectivity index (χ3n) is 10.1. The van der Waals surface area contributed by atoms with Crippen molar-refractivity contribution >= 4 is 75.1 Å². The average Bonchev–Trinajstić information content (AvgIpc) is 3.79. The fourth-order valence-electron chi connectivity index (χ4n) is 7.70. The number of hydrogen-bond donors (Lipinski definition) is 0. The van der Waals surface area contributed by atoms with Gasteiger partial charge in [0.25, 0.3) is 0 Å². The molecule has 0 saturated heterocycles. The number of aromatic nitrogens is 3. The van der Waals surface area contributed by atoms with Crippen LogP contribution in [0.15, 0.2) is 168 Å². The van der Waals surface area contributed by atoms with Crippen LogP contribution in [0.1, 0.15) is 0 Å². The van der Waals surface area contributed by atoms with E-state index in [1.807, 2.05) is 35.6 Å². The molecule has 7 aromatic carbocycles. The molecular weight excluding hydrogens is 655 g/mol. The number of furan rings is 1. The molecule has 5 heteroatoms. The van der Waals surface area contributed by atoms with E-state index >= 15 is 0 Å². The second-order valence-corrected chi connectivity index (χ2v) is 14.1. The Kier molecular flexibility index (Phi) is 6.39. The van der Waals surface area contributed by atoms with E-state index in [9.17, 15) is 0 Å². The highest BCUT2D eigenvalue weighted by molar-refractivity contribution is 7.26. The van der Waals surface area contributed by atoms with Crippen molar-refractivity contribution in [3.8, 4) is 45.2 Å². The number of nitrogens with zero attached hydrogens (tertiary/aromatic N) is 3. The molecular formula is C47H27N3OS. The minimum absolute atomic E-state index is 0.686. The maximum Gasteiger partial charge on any atom is 0.161 e. The van der Waals surface area contributed by atoms with Gasteiger partial charge in [-0.2, -0.15) is 0 Å². The number of thiophene rings is 1. The van der Waals surface area contributed by atoms with Crippen molar-refractivity contribution in [2.45, 2.75) is 0 Å². The second-order valence-electron chi connectivity index (χ2n) is 13.1. The van der Waals surface area contributed by atoms with Gasteiger partial charge in [0.15, 0.2) is 11.4 Å². The van der Waals surface area contributed by atoms with Crippen LogP contribution in [0.5, 0.6) is 0 Å². The molecule has 4 aromatic heterocycles. The Morgan fingerprint density at radius 2 is 1.06 bits per heavy atom. The lowest BCUT2D eigenvalue weighted by atomic mass is 9.94. The van der Waals surface area contributed by atoms with Gasteiger partial charge in [0.1, 0.15) is 11.1 Å². The maximum absolute atomic E-state index is 6.38. The fraction of sp³-hybridized carbons (Fsp3) is 0. The third-order valence-corrected chi connectivity index (χ3v) is 11.3. The standard InChI is InChI=1S/C47H27N3OS/c1-2-13-28(14-3-1)39-27-40(37-22-12-21-35-31-17-9-11-24-42(31)52-46(35)37)49-47(48-39)36-26-25-33(29-15-4-5-16-30(29)36)43-32-18-6-7-19-34(32)45-44(50-43)38-20-8-10-23-41(38)51-45/h1-27H. The molecule has 0 aliphatic heterocycles. The van der Waals surface area contributed by atoms with Crippen LogP contribution in [0.4, 0.5) is 0 Å². The van der Waals surface area contributed by atoms with Crippen molar-refractivity contribution in [3.63, 3.8) is 0 Å². The molecule has 4 heterocycles. The summed E-state index contributed by atoms with van der Waals surface area (Å²) in [4.78, 5) is 16.0. The predicted octanol–water partition coefficient (Wildman–Crippen LogP) is 13.1. The van der Waals surface area contributed by atoms with E-state index in [0.29, 0.717) is 5.82 Å². The predicted molar refractivity (Wildman–Crippen MR) is 217 cm³/mol. The molecule has 0 unspecified atom stereocenters. The van der Waals surface area contributed by atoms with E-state index in [0.717, 1.165) is 82.9 Å². The van der Waals surface area contributed by atoms with Gasteiger partial charge in [0.05, 0.1) is 17.1 Å². The molecule has 0 fully saturated rings. The molecule has 52 heavy (non-hydrogen) atoms. The summed E-state index contributed by atoms with van der Waals surface area (Å²) in [6.07, 6.45) is 0. The zero-order valence-electron chi connectivity index (χ0n) is 27.7. The summed E-state index contributed by atoms with van der Waals surface area (Å²) in [7, 11) is 0. The molecule has 11 aromatic rings. The first-order valence-electron chi connectivity index (χ1n) is 17.4. The van der Waals surface area contributed by atoms with Crippen LogP contribution >= 0.6 is 11.3 Å². The molecule has 4 nitrogen and oxygen atoms in total. The first kappa shape index (κ1) is 29.1. The Hall–Kier alpha value is -6.69. The molecule has 0 saturated carbocycles. The molecule has 0 N–H and O–H groups in total. The van der Waals surface area contributed by atoms with Crippen LogP contribution < -0.4 is 0 Å². The highest BCUT2D eigenvalue weighted by atomic mass is 32.1. The smallest absolute Gasteiger partial charge is 0.161 e. The lowest BCUT2D eigenvalue weighted by Crippen LogP contribution is -1.97. The number of para-hydroxylation sites is 1. The van der Waals surface area contributed by atoms with Crippen LogP contribution in [-0.2, 0) is 0 Å². The van der Waals surface area contributed by atoms with E-state index in [-0.39, 0.29) is 0 Å². The van der Waals surface area contributed by atoms with Gasteiger partial charge >= 0.3 is 0 Å². The Balaban J connectivity index is 1.16. The molecule has 0 amide bonds. The van der Waals surface area contributed by atoms with Crippen molar-refractivity contribution in [1.29, 1.82) is 0 Å². The van der Waals surface area contributed by atoms with E-state index < -0.39 is 0 Å². The number of benzene rings is 7. The van der Waals surface area contributed by atoms with Crippen LogP contribution in [-0.4, -0.2) is 15.0 Å². The molecule has 0 spiro atoms. The van der Waals surface area contributed by atoms with Gasteiger partial charge in [-0.3, -0.25) is 0 Å². The Morgan fingerprint density at radius 1 is 0.423 bits per heavy atom. The summed E-state index contributed by atoms with van der Waals surface area (Å²) in [6.45, 7) is 0. The Morgan fingerprint density at radius 3 is 1.90 bits per heavy atom. The van der Waals surface area contributed by atoms with Gasteiger partial charge in [-0.1, -0.05) is 133 Å². The van der Waals surface area contributed by atoms with E-state index in [1.165, 1.54) is 20.2 Å².